The summed E-state index contributed by atoms with van der Waals surface area (Å²) in [4.78, 5) is -0.456. The average molecular weight is 225 g/mol. The molecule has 0 unspecified atom stereocenters. The van der Waals surface area contributed by atoms with Crippen LogP contribution in [-0.2, 0) is 10.1 Å². The summed E-state index contributed by atoms with van der Waals surface area (Å²) < 4.78 is 29.8. The van der Waals surface area contributed by atoms with E-state index in [1.165, 1.54) is 6.07 Å². The molecule has 0 atom stereocenters. The molecule has 74 valence electrons. The molecule has 0 saturated heterocycles. The summed E-state index contributed by atoms with van der Waals surface area (Å²) in [6.07, 6.45) is 0. The number of halogens is 1. The van der Waals surface area contributed by atoms with Gasteiger partial charge < -0.3 is 5.11 Å². The Hall–Kier alpha value is -0.780. The number of rotatable bonds is 1. The van der Waals surface area contributed by atoms with Gasteiger partial charge in [0.05, 0.1) is 0 Å². The molecule has 6 heteroatoms. The van der Waals surface area contributed by atoms with Crippen molar-refractivity contribution in [2.24, 2.45) is 0 Å². The fraction of sp³-hybridized carbons (Fsp3) is 0.143. The Balaban J connectivity index is 0.00000144. The van der Waals surface area contributed by atoms with E-state index in [-0.39, 0.29) is 12.4 Å². The summed E-state index contributed by atoms with van der Waals surface area (Å²) in [5.74, 6) is -0.403. The zero-order valence-corrected chi connectivity index (χ0v) is 8.39. The predicted octanol–water partition coefficient (Wildman–Crippen LogP) is 1.37. The zero-order chi connectivity index (χ0) is 9.35. The van der Waals surface area contributed by atoms with Gasteiger partial charge in [0.15, 0.2) is 0 Å². The lowest BCUT2D eigenvalue weighted by Gasteiger charge is -2.02. The van der Waals surface area contributed by atoms with Crippen LogP contribution in [-0.4, -0.2) is 18.1 Å². The molecule has 0 spiro atoms. The van der Waals surface area contributed by atoms with E-state index in [2.05, 4.69) is 0 Å². The summed E-state index contributed by atoms with van der Waals surface area (Å²) >= 11 is 0. The first kappa shape index (κ1) is 12.2. The maximum Gasteiger partial charge on any atom is 0.298 e. The lowest BCUT2D eigenvalue weighted by Crippen LogP contribution is -1.98. The quantitative estimate of drug-likeness (QED) is 0.707. The van der Waals surface area contributed by atoms with E-state index in [1.807, 2.05) is 0 Å². The van der Waals surface area contributed by atoms with Gasteiger partial charge in [-0.05, 0) is 18.6 Å². The van der Waals surface area contributed by atoms with Gasteiger partial charge in [0.2, 0.25) is 0 Å². The van der Waals surface area contributed by atoms with Crippen molar-refractivity contribution >= 4 is 22.5 Å². The second kappa shape index (κ2) is 3.95. The molecule has 1 aromatic carbocycles. The molecule has 0 amide bonds. The number of aromatic hydroxyl groups is 1. The third-order valence-electron chi connectivity index (χ3n) is 1.48. The van der Waals surface area contributed by atoms with Gasteiger partial charge in [-0.2, -0.15) is 8.42 Å². The Morgan fingerprint density at radius 1 is 1.31 bits per heavy atom. The molecule has 0 aliphatic rings. The molecule has 0 bridgehead atoms. The van der Waals surface area contributed by atoms with E-state index >= 15 is 0 Å². The number of phenolic OH excluding ortho intramolecular Hbond substituents is 1. The van der Waals surface area contributed by atoms with E-state index in [9.17, 15) is 13.5 Å². The summed E-state index contributed by atoms with van der Waals surface area (Å²) in [6.45, 7) is 1.55. The van der Waals surface area contributed by atoms with Crippen LogP contribution >= 0.6 is 12.4 Å². The van der Waals surface area contributed by atoms with Crippen LogP contribution in [0.3, 0.4) is 0 Å². The van der Waals surface area contributed by atoms with Gasteiger partial charge in [0.1, 0.15) is 10.6 Å². The highest BCUT2D eigenvalue weighted by Crippen LogP contribution is 2.25. The molecular formula is C7H9ClO4S. The van der Waals surface area contributed by atoms with Gasteiger partial charge in [-0.25, -0.2) is 0 Å². The number of hydrogen-bond acceptors (Lipinski definition) is 3. The first-order chi connectivity index (χ1) is 5.43. The third kappa shape index (κ3) is 2.58. The van der Waals surface area contributed by atoms with Gasteiger partial charge >= 0.3 is 0 Å². The summed E-state index contributed by atoms with van der Waals surface area (Å²) in [5, 5.41) is 9.19. The van der Waals surface area contributed by atoms with Crippen molar-refractivity contribution < 1.29 is 18.1 Å². The lowest BCUT2D eigenvalue weighted by molar-refractivity contribution is 0.440. The minimum Gasteiger partial charge on any atom is -0.506 e. The monoisotopic (exact) mass is 224 g/mol. The lowest BCUT2D eigenvalue weighted by atomic mass is 10.2. The number of phenols is 1. The van der Waals surface area contributed by atoms with Crippen molar-refractivity contribution in [3.8, 4) is 5.75 Å². The van der Waals surface area contributed by atoms with Crippen LogP contribution in [0.5, 0.6) is 5.75 Å². The van der Waals surface area contributed by atoms with Crippen LogP contribution in [0.25, 0.3) is 0 Å². The van der Waals surface area contributed by atoms with Gasteiger partial charge in [0.25, 0.3) is 10.1 Å². The van der Waals surface area contributed by atoms with Crippen molar-refractivity contribution in [1.29, 1.82) is 0 Å². The Labute approximate surface area is 82.4 Å². The smallest absolute Gasteiger partial charge is 0.298 e. The van der Waals surface area contributed by atoms with E-state index in [1.54, 1.807) is 13.0 Å². The number of hydrogen-bond donors (Lipinski definition) is 2. The SMILES string of the molecule is Cc1cccc(S(=O)(=O)O)c1O.Cl. The van der Waals surface area contributed by atoms with Crippen molar-refractivity contribution in [3.63, 3.8) is 0 Å². The highest BCUT2D eigenvalue weighted by Gasteiger charge is 2.15. The second-order valence-corrected chi connectivity index (χ2v) is 3.79. The van der Waals surface area contributed by atoms with Gasteiger partial charge in [-0.1, -0.05) is 12.1 Å². The molecule has 1 rings (SSSR count). The van der Waals surface area contributed by atoms with E-state index < -0.39 is 20.8 Å². The molecule has 13 heavy (non-hydrogen) atoms. The maximum absolute atomic E-state index is 10.6. The Bertz CT molecular complexity index is 399. The van der Waals surface area contributed by atoms with Crippen molar-refractivity contribution in [2.75, 3.05) is 0 Å². The van der Waals surface area contributed by atoms with Crippen LogP contribution in [0.1, 0.15) is 5.56 Å². The van der Waals surface area contributed by atoms with Gasteiger partial charge in [-0.15, -0.1) is 12.4 Å². The molecule has 0 aliphatic carbocycles. The van der Waals surface area contributed by atoms with E-state index in [0.717, 1.165) is 6.07 Å². The molecule has 0 heterocycles. The van der Waals surface area contributed by atoms with Gasteiger partial charge in [0, 0.05) is 0 Å². The minimum absolute atomic E-state index is 0. The summed E-state index contributed by atoms with van der Waals surface area (Å²) in [7, 11) is -4.31. The topological polar surface area (TPSA) is 74.6 Å². The van der Waals surface area contributed by atoms with Crippen LogP contribution in [0.15, 0.2) is 23.1 Å². The summed E-state index contributed by atoms with van der Waals surface area (Å²) in [5.41, 5.74) is 0.408. The number of aryl methyl sites for hydroxylation is 1. The Morgan fingerprint density at radius 3 is 2.23 bits per heavy atom. The molecular weight excluding hydrogens is 216 g/mol. The van der Waals surface area contributed by atoms with E-state index in [4.69, 9.17) is 4.55 Å². The average Bonchev–Trinajstić information content (AvgIpc) is 1.92. The highest BCUT2D eigenvalue weighted by molar-refractivity contribution is 7.86. The maximum atomic E-state index is 10.6. The number of para-hydroxylation sites is 1. The van der Waals surface area contributed by atoms with E-state index in [0.29, 0.717) is 5.56 Å². The Kier molecular flexibility index (Phi) is 3.71. The minimum atomic E-state index is -4.31. The summed E-state index contributed by atoms with van der Waals surface area (Å²) in [6, 6.07) is 4.12. The van der Waals surface area contributed by atoms with Crippen LogP contribution in [0.4, 0.5) is 0 Å². The standard InChI is InChI=1S/C7H8O4S.ClH/c1-5-3-2-4-6(7(5)8)12(9,10)11;/h2-4,8H,1H3,(H,9,10,11);1H. The normalized spacial score (nSPS) is 10.6. The van der Waals surface area contributed by atoms with Crippen LogP contribution in [0, 0.1) is 6.92 Å². The molecule has 1 aromatic rings. The predicted molar refractivity (Wildman–Crippen MR) is 49.9 cm³/mol. The second-order valence-electron chi connectivity index (χ2n) is 2.40. The molecule has 0 fully saturated rings. The van der Waals surface area contributed by atoms with Crippen molar-refractivity contribution in [3.05, 3.63) is 23.8 Å². The van der Waals surface area contributed by atoms with Crippen LogP contribution < -0.4 is 0 Å². The Morgan fingerprint density at radius 2 is 1.85 bits per heavy atom. The first-order valence-electron chi connectivity index (χ1n) is 3.19. The van der Waals surface area contributed by atoms with Crippen molar-refractivity contribution in [2.45, 2.75) is 11.8 Å². The third-order valence-corrected chi connectivity index (χ3v) is 2.36. The molecule has 4 nitrogen and oxygen atoms in total. The first-order valence-corrected chi connectivity index (χ1v) is 4.63. The van der Waals surface area contributed by atoms with Crippen molar-refractivity contribution in [1.82, 2.24) is 0 Å². The fourth-order valence-electron chi connectivity index (χ4n) is 0.840. The molecule has 0 aromatic heterocycles. The molecule has 0 radical (unpaired) electrons. The number of benzene rings is 1. The van der Waals surface area contributed by atoms with Crippen LogP contribution in [0.2, 0.25) is 0 Å². The largest absolute Gasteiger partial charge is 0.506 e. The fourth-order valence-corrected chi connectivity index (χ4v) is 1.50. The highest BCUT2D eigenvalue weighted by atomic mass is 35.5. The molecule has 0 aliphatic heterocycles. The molecule has 2 N–H and O–H groups in total. The van der Waals surface area contributed by atoms with Gasteiger partial charge in [-0.3, -0.25) is 4.55 Å². The molecule has 0 saturated carbocycles. The zero-order valence-electron chi connectivity index (χ0n) is 6.76.